The summed E-state index contributed by atoms with van der Waals surface area (Å²) in [6.45, 7) is 2.18. The Hall–Kier alpha value is -0.610. The zero-order valence-electron chi connectivity index (χ0n) is 27.7. The summed E-state index contributed by atoms with van der Waals surface area (Å²) >= 11 is 0. The molecule has 0 aliphatic heterocycles. The van der Waals surface area contributed by atoms with Gasteiger partial charge >= 0.3 is 5.97 Å². The van der Waals surface area contributed by atoms with E-state index in [1.54, 1.807) is 0 Å². The van der Waals surface area contributed by atoms with E-state index < -0.39 is 12.1 Å². The Morgan fingerprint density at radius 3 is 0.927 bits per heavy atom. The van der Waals surface area contributed by atoms with Crippen molar-refractivity contribution in [1.82, 2.24) is 0 Å². The van der Waals surface area contributed by atoms with Gasteiger partial charge in [-0.1, -0.05) is 193 Å². The molecule has 0 heterocycles. The Morgan fingerprint density at radius 1 is 0.439 bits per heavy atom. The van der Waals surface area contributed by atoms with Crippen molar-refractivity contribution < 1.29 is 20.1 Å². The van der Waals surface area contributed by atoms with Crippen LogP contribution in [0.5, 0.6) is 0 Å². The van der Waals surface area contributed by atoms with Gasteiger partial charge < -0.3 is 15.3 Å². The maximum Gasteiger partial charge on any atom is 0.306 e. The van der Waals surface area contributed by atoms with Crippen LogP contribution >= 0.6 is 0 Å². The number of hydrogen-bond donors (Lipinski definition) is 3. The van der Waals surface area contributed by atoms with Gasteiger partial charge in [-0.05, 0) is 19.3 Å². The quantitative estimate of drug-likeness (QED) is 0.0649. The molecule has 0 saturated carbocycles. The molecule has 2 unspecified atom stereocenters. The average molecular weight is 583 g/mol. The molecule has 0 aromatic heterocycles. The lowest BCUT2D eigenvalue weighted by molar-refractivity contribution is -0.142. The lowest BCUT2D eigenvalue weighted by atomic mass is 9.94. The van der Waals surface area contributed by atoms with Crippen LogP contribution in [-0.4, -0.2) is 34.0 Å². The van der Waals surface area contributed by atoms with E-state index in [-0.39, 0.29) is 12.5 Å². The molecule has 0 fully saturated rings. The van der Waals surface area contributed by atoms with Gasteiger partial charge in [0.25, 0.3) is 0 Å². The van der Waals surface area contributed by atoms with Crippen LogP contribution < -0.4 is 0 Å². The van der Waals surface area contributed by atoms with E-state index in [2.05, 4.69) is 6.92 Å². The van der Waals surface area contributed by atoms with E-state index in [0.717, 1.165) is 38.5 Å². The third-order valence-electron chi connectivity index (χ3n) is 9.06. The SMILES string of the molecule is CCCCCCCCCCCCCCCCC(CCCCCCCCCCCCCCCCCC(O)CO)C(=O)O. The number of carbonyl (C=O) groups is 1. The molecule has 246 valence electrons. The fraction of sp³-hybridized carbons (Fsp3) is 0.973. The number of rotatable bonds is 35. The molecule has 4 nitrogen and oxygen atoms in total. The van der Waals surface area contributed by atoms with Crippen molar-refractivity contribution in [3.05, 3.63) is 0 Å². The van der Waals surface area contributed by atoms with Crippen LogP contribution in [0.25, 0.3) is 0 Å². The highest BCUT2D eigenvalue weighted by Crippen LogP contribution is 2.20. The number of aliphatic hydroxyl groups is 2. The summed E-state index contributed by atoms with van der Waals surface area (Å²) in [5.74, 6) is -0.691. The molecule has 0 rings (SSSR count). The number of aliphatic hydroxyl groups excluding tert-OH is 2. The van der Waals surface area contributed by atoms with Crippen molar-refractivity contribution in [3.63, 3.8) is 0 Å². The van der Waals surface area contributed by atoms with Crippen LogP contribution in [0.15, 0.2) is 0 Å². The summed E-state index contributed by atoms with van der Waals surface area (Å²) in [7, 11) is 0. The molecule has 2 atom stereocenters. The molecule has 0 saturated heterocycles. The average Bonchev–Trinajstić information content (AvgIpc) is 2.97. The van der Waals surface area contributed by atoms with Gasteiger partial charge in [-0.25, -0.2) is 0 Å². The number of unbranched alkanes of at least 4 members (excludes halogenated alkanes) is 27. The molecule has 4 heteroatoms. The third kappa shape index (κ3) is 32.1. The molecule has 0 aromatic rings. The minimum Gasteiger partial charge on any atom is -0.481 e. The maximum atomic E-state index is 11.7. The smallest absolute Gasteiger partial charge is 0.306 e. The zero-order valence-corrected chi connectivity index (χ0v) is 27.7. The fourth-order valence-electron chi connectivity index (χ4n) is 6.14. The first kappa shape index (κ1) is 40.4. The highest BCUT2D eigenvalue weighted by atomic mass is 16.4. The minimum absolute atomic E-state index is 0.104. The standard InChI is InChI=1S/C37H74O4/c1-2-3-4-5-6-7-8-9-13-16-19-22-25-28-31-35(37(40)41)32-29-26-23-20-17-14-11-10-12-15-18-21-24-27-30-33-36(39)34-38/h35-36,38-39H,2-34H2,1H3,(H,40,41). The number of carboxylic acids is 1. The molecule has 0 amide bonds. The predicted octanol–water partition coefficient (Wildman–Crippen LogP) is 11.5. The van der Waals surface area contributed by atoms with Crippen LogP contribution in [0.2, 0.25) is 0 Å². The summed E-state index contributed by atoms with van der Waals surface area (Å²) in [6, 6.07) is 0. The molecule has 0 aromatic carbocycles. The number of aliphatic carboxylic acids is 1. The van der Waals surface area contributed by atoms with Gasteiger partial charge in [0.15, 0.2) is 0 Å². The lowest BCUT2D eigenvalue weighted by Crippen LogP contribution is -2.13. The van der Waals surface area contributed by atoms with Crippen molar-refractivity contribution in [2.45, 2.75) is 218 Å². The van der Waals surface area contributed by atoms with E-state index >= 15 is 0 Å². The lowest BCUT2D eigenvalue weighted by Gasteiger charge is -2.12. The summed E-state index contributed by atoms with van der Waals surface area (Å²) in [5, 5.41) is 27.7. The van der Waals surface area contributed by atoms with E-state index in [0.29, 0.717) is 0 Å². The van der Waals surface area contributed by atoms with E-state index in [9.17, 15) is 15.0 Å². The minimum atomic E-state index is -0.572. The number of carboxylic acid groups (broad SMARTS) is 1. The topological polar surface area (TPSA) is 77.8 Å². The Bertz CT molecular complexity index is 509. The largest absolute Gasteiger partial charge is 0.481 e. The van der Waals surface area contributed by atoms with Gasteiger partial charge in [-0.3, -0.25) is 4.79 Å². The molecular weight excluding hydrogens is 508 g/mol. The summed E-state index contributed by atoms with van der Waals surface area (Å²) < 4.78 is 0. The Balaban J connectivity index is 3.38. The van der Waals surface area contributed by atoms with Crippen LogP contribution in [0.4, 0.5) is 0 Å². The van der Waals surface area contributed by atoms with Gasteiger partial charge in [0.1, 0.15) is 0 Å². The molecule has 0 aliphatic rings. The van der Waals surface area contributed by atoms with E-state index in [1.807, 2.05) is 0 Å². The van der Waals surface area contributed by atoms with Crippen LogP contribution in [0, 0.1) is 5.92 Å². The van der Waals surface area contributed by atoms with Gasteiger partial charge in [0.05, 0.1) is 18.6 Å². The second-order valence-corrected chi connectivity index (χ2v) is 13.1. The summed E-state index contributed by atoms with van der Waals surface area (Å²) in [6.07, 6.45) is 39.9. The second kappa shape index (κ2) is 33.9. The van der Waals surface area contributed by atoms with Crippen LogP contribution in [-0.2, 0) is 4.79 Å². The van der Waals surface area contributed by atoms with Crippen molar-refractivity contribution in [2.75, 3.05) is 6.61 Å². The molecule has 0 radical (unpaired) electrons. The van der Waals surface area contributed by atoms with Crippen molar-refractivity contribution in [1.29, 1.82) is 0 Å². The van der Waals surface area contributed by atoms with Crippen molar-refractivity contribution >= 4 is 5.97 Å². The second-order valence-electron chi connectivity index (χ2n) is 13.1. The molecular formula is C37H74O4. The molecule has 0 aliphatic carbocycles. The van der Waals surface area contributed by atoms with Crippen LogP contribution in [0.3, 0.4) is 0 Å². The maximum absolute atomic E-state index is 11.7. The first-order chi connectivity index (χ1) is 20.1. The van der Waals surface area contributed by atoms with Crippen molar-refractivity contribution in [3.8, 4) is 0 Å². The van der Waals surface area contributed by atoms with E-state index in [4.69, 9.17) is 5.11 Å². The van der Waals surface area contributed by atoms with E-state index in [1.165, 1.54) is 167 Å². The first-order valence-electron chi connectivity index (χ1n) is 18.6. The molecule has 0 bridgehead atoms. The number of hydrogen-bond acceptors (Lipinski definition) is 3. The highest BCUT2D eigenvalue weighted by molar-refractivity contribution is 5.69. The van der Waals surface area contributed by atoms with Crippen LogP contribution in [0.1, 0.15) is 212 Å². The monoisotopic (exact) mass is 583 g/mol. The van der Waals surface area contributed by atoms with Gasteiger partial charge in [-0.15, -0.1) is 0 Å². The van der Waals surface area contributed by atoms with Gasteiger partial charge in [0, 0.05) is 0 Å². The van der Waals surface area contributed by atoms with Gasteiger partial charge in [-0.2, -0.15) is 0 Å². The Kier molecular flexibility index (Phi) is 33.4. The molecule has 41 heavy (non-hydrogen) atoms. The van der Waals surface area contributed by atoms with Gasteiger partial charge in [0.2, 0.25) is 0 Å². The summed E-state index contributed by atoms with van der Waals surface area (Å²) in [5.41, 5.74) is 0. The molecule has 3 N–H and O–H groups in total. The fourth-order valence-corrected chi connectivity index (χ4v) is 6.14. The summed E-state index contributed by atoms with van der Waals surface area (Å²) in [4.78, 5) is 11.7. The predicted molar refractivity (Wildman–Crippen MR) is 178 cm³/mol. The van der Waals surface area contributed by atoms with Crippen molar-refractivity contribution in [2.24, 2.45) is 5.92 Å². The third-order valence-corrected chi connectivity index (χ3v) is 9.06. The zero-order chi connectivity index (χ0) is 30.1. The highest BCUT2D eigenvalue weighted by Gasteiger charge is 2.16. The first-order valence-corrected chi connectivity index (χ1v) is 18.6. The Morgan fingerprint density at radius 2 is 0.683 bits per heavy atom. The normalized spacial score (nSPS) is 13.0. The Labute approximate surface area is 256 Å². The molecule has 0 spiro atoms.